The van der Waals surface area contributed by atoms with E-state index in [1.165, 1.54) is 88.0 Å². The van der Waals surface area contributed by atoms with E-state index in [1.54, 1.807) is 0 Å². The summed E-state index contributed by atoms with van der Waals surface area (Å²) < 4.78 is 2.09. The summed E-state index contributed by atoms with van der Waals surface area (Å²) in [5.74, 6) is 0. The van der Waals surface area contributed by atoms with Gasteiger partial charge < -0.3 is 0 Å². The highest BCUT2D eigenvalue weighted by molar-refractivity contribution is 6.22. The predicted molar refractivity (Wildman–Crippen MR) is 234 cm³/mol. The quantitative estimate of drug-likeness (QED) is 0.162. The molecule has 0 atom stereocenters. The van der Waals surface area contributed by atoms with Gasteiger partial charge in [-0.05, 0) is 109 Å². The normalized spacial score (nSPS) is 13.0. The maximum Gasteiger partial charge on any atom is 0.0714 e. The average molecular weight is 715 g/mol. The van der Waals surface area contributed by atoms with E-state index in [0.717, 1.165) is 17.1 Å². The summed E-state index contributed by atoms with van der Waals surface area (Å²) in [5, 5.41) is 12.6. The lowest BCUT2D eigenvalue weighted by molar-refractivity contribution is 0.769. The van der Waals surface area contributed by atoms with Crippen LogP contribution in [-0.4, -0.2) is 9.78 Å². The highest BCUT2D eigenvalue weighted by atomic mass is 15.3. The second kappa shape index (κ2) is 12.5. The summed E-state index contributed by atoms with van der Waals surface area (Å²) >= 11 is 0. The van der Waals surface area contributed by atoms with Crippen molar-refractivity contribution in [3.05, 3.63) is 228 Å². The Labute approximate surface area is 327 Å². The number of aryl methyl sites for hydroxylation is 1. The molecular weight excluding hydrogens is 677 g/mol. The number of fused-ring (bicyclic) bond motifs is 7. The monoisotopic (exact) mass is 714 g/mol. The van der Waals surface area contributed by atoms with Crippen molar-refractivity contribution < 1.29 is 0 Å². The molecule has 0 N–H and O–H groups in total. The van der Waals surface area contributed by atoms with Crippen LogP contribution in [0.2, 0.25) is 0 Å². The molecule has 0 saturated carbocycles. The smallest absolute Gasteiger partial charge is 0.0714 e. The van der Waals surface area contributed by atoms with Gasteiger partial charge in [-0.3, -0.25) is 0 Å². The standard InChI is InChI=1S/C54H38N2/c1-35-50(36(2)56(55-35)41-23-10-5-11-24-41)53-45-28-16-14-26-43(45)51(44-27-15-17-29-46(44)53)38-30-32-47-49(34-38)54(39-19-6-3-7-20-39,40-21-8-4-9-22-40)48-33-31-37-18-12-13-25-42(37)52(47)48/h3-34H,1-2H3. The van der Waals surface area contributed by atoms with Crippen LogP contribution in [0, 0.1) is 13.8 Å². The molecule has 0 radical (unpaired) electrons. The van der Waals surface area contributed by atoms with Crippen LogP contribution < -0.4 is 0 Å². The molecule has 56 heavy (non-hydrogen) atoms. The molecule has 0 unspecified atom stereocenters. The molecule has 1 aliphatic carbocycles. The summed E-state index contributed by atoms with van der Waals surface area (Å²) in [5.41, 5.74) is 15.4. The maximum absolute atomic E-state index is 5.12. The minimum atomic E-state index is -0.515. The number of aromatic nitrogens is 2. The van der Waals surface area contributed by atoms with E-state index in [-0.39, 0.29) is 0 Å². The molecule has 0 spiro atoms. The molecule has 9 aromatic carbocycles. The minimum absolute atomic E-state index is 0.515. The highest BCUT2D eigenvalue weighted by Crippen LogP contribution is 2.59. The van der Waals surface area contributed by atoms with E-state index in [9.17, 15) is 0 Å². The molecule has 264 valence electrons. The Morgan fingerprint density at radius 1 is 0.411 bits per heavy atom. The first-order valence-corrected chi connectivity index (χ1v) is 19.5. The predicted octanol–water partition coefficient (Wildman–Crippen LogP) is 13.6. The molecule has 2 nitrogen and oxygen atoms in total. The zero-order valence-electron chi connectivity index (χ0n) is 31.4. The van der Waals surface area contributed by atoms with Crippen LogP contribution in [0.3, 0.4) is 0 Å². The Hall–Kier alpha value is -7.03. The van der Waals surface area contributed by atoms with Crippen molar-refractivity contribution in [3.8, 4) is 39.1 Å². The van der Waals surface area contributed by atoms with Gasteiger partial charge in [0.1, 0.15) is 0 Å². The van der Waals surface area contributed by atoms with Crippen LogP contribution >= 0.6 is 0 Å². The summed E-state index contributed by atoms with van der Waals surface area (Å²) in [6, 6.07) is 71.5. The zero-order chi connectivity index (χ0) is 37.4. The topological polar surface area (TPSA) is 17.8 Å². The Morgan fingerprint density at radius 3 is 1.54 bits per heavy atom. The van der Waals surface area contributed by atoms with E-state index < -0.39 is 5.41 Å². The van der Waals surface area contributed by atoms with Gasteiger partial charge in [0.15, 0.2) is 0 Å². The second-order valence-electron chi connectivity index (χ2n) is 15.1. The first-order valence-electron chi connectivity index (χ1n) is 19.5. The lowest BCUT2D eigenvalue weighted by atomic mass is 9.67. The fourth-order valence-electron chi connectivity index (χ4n) is 9.95. The molecule has 10 aromatic rings. The third-order valence-corrected chi connectivity index (χ3v) is 12.2. The van der Waals surface area contributed by atoms with Crippen LogP contribution in [0.25, 0.3) is 71.4 Å². The first-order chi connectivity index (χ1) is 27.6. The van der Waals surface area contributed by atoms with Crippen molar-refractivity contribution >= 4 is 32.3 Å². The third kappa shape index (κ3) is 4.53. The van der Waals surface area contributed by atoms with Crippen LogP contribution in [0.15, 0.2) is 194 Å². The number of hydrogen-bond donors (Lipinski definition) is 0. The van der Waals surface area contributed by atoms with Gasteiger partial charge in [-0.15, -0.1) is 0 Å². The van der Waals surface area contributed by atoms with Crippen molar-refractivity contribution in [2.24, 2.45) is 0 Å². The van der Waals surface area contributed by atoms with E-state index >= 15 is 0 Å². The Balaban J connectivity index is 1.24. The fourth-order valence-corrected chi connectivity index (χ4v) is 9.95. The van der Waals surface area contributed by atoms with Crippen molar-refractivity contribution in [1.82, 2.24) is 9.78 Å². The SMILES string of the molecule is Cc1nn(-c2ccccc2)c(C)c1-c1c2ccccc2c(-c2ccc3c(c2)C(c2ccccc2)(c2ccccc2)c2ccc4ccccc4c2-3)c2ccccc12. The lowest BCUT2D eigenvalue weighted by Crippen LogP contribution is -2.28. The molecule has 1 heterocycles. The summed E-state index contributed by atoms with van der Waals surface area (Å²) in [6.07, 6.45) is 0. The van der Waals surface area contributed by atoms with Gasteiger partial charge in [-0.25, -0.2) is 4.68 Å². The Morgan fingerprint density at radius 2 is 0.929 bits per heavy atom. The molecule has 0 bridgehead atoms. The average Bonchev–Trinajstić information content (AvgIpc) is 3.73. The fraction of sp³-hybridized carbons (Fsp3) is 0.0556. The van der Waals surface area contributed by atoms with Crippen molar-refractivity contribution in [2.45, 2.75) is 19.3 Å². The molecule has 0 fully saturated rings. The van der Waals surface area contributed by atoms with Crippen LogP contribution in [0.5, 0.6) is 0 Å². The number of nitrogens with zero attached hydrogens (tertiary/aromatic N) is 2. The first kappa shape index (κ1) is 32.4. The minimum Gasteiger partial charge on any atom is -0.237 e. The van der Waals surface area contributed by atoms with Gasteiger partial charge in [0.05, 0.1) is 16.8 Å². The van der Waals surface area contributed by atoms with Crippen molar-refractivity contribution in [1.29, 1.82) is 0 Å². The number of para-hydroxylation sites is 1. The molecule has 1 aromatic heterocycles. The second-order valence-corrected chi connectivity index (χ2v) is 15.1. The Bertz CT molecular complexity index is 3040. The van der Waals surface area contributed by atoms with Gasteiger partial charge in [0.2, 0.25) is 0 Å². The van der Waals surface area contributed by atoms with E-state index in [0.29, 0.717) is 0 Å². The molecule has 0 aliphatic heterocycles. The number of benzene rings is 9. The molecular formula is C54H38N2. The van der Waals surface area contributed by atoms with Gasteiger partial charge in [0, 0.05) is 16.8 Å². The molecule has 2 heteroatoms. The number of hydrogen-bond acceptors (Lipinski definition) is 1. The largest absolute Gasteiger partial charge is 0.237 e. The van der Waals surface area contributed by atoms with E-state index in [1.807, 2.05) is 0 Å². The molecule has 0 amide bonds. The van der Waals surface area contributed by atoms with Crippen molar-refractivity contribution in [2.75, 3.05) is 0 Å². The van der Waals surface area contributed by atoms with Gasteiger partial charge in [-0.1, -0.05) is 176 Å². The van der Waals surface area contributed by atoms with Crippen molar-refractivity contribution in [3.63, 3.8) is 0 Å². The van der Waals surface area contributed by atoms with Gasteiger partial charge in [-0.2, -0.15) is 5.10 Å². The van der Waals surface area contributed by atoms with E-state index in [4.69, 9.17) is 5.10 Å². The lowest BCUT2D eigenvalue weighted by Gasteiger charge is -2.34. The van der Waals surface area contributed by atoms with Gasteiger partial charge in [0.25, 0.3) is 0 Å². The van der Waals surface area contributed by atoms with Crippen LogP contribution in [0.4, 0.5) is 0 Å². The molecule has 1 aliphatic rings. The zero-order valence-corrected chi connectivity index (χ0v) is 31.4. The third-order valence-electron chi connectivity index (χ3n) is 12.2. The number of rotatable bonds is 5. The summed E-state index contributed by atoms with van der Waals surface area (Å²) in [6.45, 7) is 4.35. The van der Waals surface area contributed by atoms with Crippen LogP contribution in [-0.2, 0) is 5.41 Å². The highest BCUT2D eigenvalue weighted by Gasteiger charge is 2.47. The molecule has 0 saturated heterocycles. The Kier molecular flexibility index (Phi) is 7.24. The summed E-state index contributed by atoms with van der Waals surface area (Å²) in [4.78, 5) is 0. The van der Waals surface area contributed by atoms with E-state index in [2.05, 4.69) is 213 Å². The maximum atomic E-state index is 5.12. The van der Waals surface area contributed by atoms with Crippen LogP contribution in [0.1, 0.15) is 33.6 Å². The summed E-state index contributed by atoms with van der Waals surface area (Å²) in [7, 11) is 0. The molecule has 11 rings (SSSR count). The van der Waals surface area contributed by atoms with Gasteiger partial charge >= 0.3 is 0 Å².